The molecule has 6 atom stereocenters. The third-order valence-electron chi connectivity index (χ3n) is 7.72. The zero-order valence-electron chi connectivity index (χ0n) is 19.5. The molecule has 0 radical (unpaired) electrons. The summed E-state index contributed by atoms with van der Waals surface area (Å²) < 4.78 is 0. The van der Waals surface area contributed by atoms with Crippen LogP contribution in [-0.2, 0) is 24.8 Å². The number of benzene rings is 1. The zero-order chi connectivity index (χ0) is 26.4. The van der Waals surface area contributed by atoms with Gasteiger partial charge in [-0.25, -0.2) is 0 Å². The lowest BCUT2D eigenvalue weighted by Crippen LogP contribution is -2.70. The molecule has 1 amide bonds. The van der Waals surface area contributed by atoms with Crippen molar-refractivity contribution < 1.29 is 39.3 Å². The highest BCUT2D eigenvalue weighted by atomic mass is 35.5. The number of aromatic hydroxyl groups is 1. The van der Waals surface area contributed by atoms with Gasteiger partial charge in [-0.05, 0) is 13.3 Å². The molecule has 0 aromatic heterocycles. The van der Waals surface area contributed by atoms with Crippen molar-refractivity contribution in [2.75, 3.05) is 31.4 Å². The number of carbonyl (C=O) groups is 5. The Morgan fingerprint density at radius 2 is 1.77 bits per heavy atom. The lowest BCUT2D eigenvalue weighted by molar-refractivity contribution is -0.182. The smallest absolute Gasteiger partial charge is 0.235 e. The summed E-state index contributed by atoms with van der Waals surface area (Å²) >= 11 is 6.52. The van der Waals surface area contributed by atoms with Gasteiger partial charge in [0.2, 0.25) is 5.91 Å². The number of nitrogens with two attached hydrogens (primary N) is 1. The van der Waals surface area contributed by atoms with E-state index < -0.39 is 76.1 Å². The highest BCUT2D eigenvalue weighted by molar-refractivity contribution is 6.38. The number of rotatable bonds is 3. The van der Waals surface area contributed by atoms with E-state index in [-0.39, 0.29) is 33.9 Å². The van der Waals surface area contributed by atoms with Crippen molar-refractivity contribution in [1.82, 2.24) is 0 Å². The van der Waals surface area contributed by atoms with Crippen LogP contribution < -0.4 is 16.0 Å². The zero-order valence-corrected chi connectivity index (χ0v) is 20.3. The Morgan fingerprint density at radius 3 is 2.29 bits per heavy atom. The Labute approximate surface area is 205 Å². The quantitative estimate of drug-likeness (QED) is 0.269. The maximum Gasteiger partial charge on any atom is 0.235 e. The fourth-order valence-electron chi connectivity index (χ4n) is 6.07. The van der Waals surface area contributed by atoms with E-state index in [9.17, 15) is 39.3 Å². The van der Waals surface area contributed by atoms with Gasteiger partial charge in [0.05, 0.1) is 33.5 Å². The molecule has 0 aliphatic heterocycles. The van der Waals surface area contributed by atoms with Crippen LogP contribution >= 0.6 is 11.6 Å². The molecule has 188 valence electrons. The van der Waals surface area contributed by atoms with E-state index in [2.05, 4.69) is 5.32 Å². The van der Waals surface area contributed by atoms with E-state index in [1.165, 1.54) is 14.0 Å². The summed E-state index contributed by atoms with van der Waals surface area (Å²) in [4.78, 5) is 66.3. The van der Waals surface area contributed by atoms with Gasteiger partial charge in [0.1, 0.15) is 0 Å². The lowest BCUT2D eigenvalue weighted by Gasteiger charge is -2.53. The van der Waals surface area contributed by atoms with E-state index >= 15 is 0 Å². The van der Waals surface area contributed by atoms with Gasteiger partial charge in [-0.15, -0.1) is 0 Å². The Bertz CT molecular complexity index is 1230. The van der Waals surface area contributed by atoms with Crippen molar-refractivity contribution in [1.29, 1.82) is 0 Å². The second-order valence-corrected chi connectivity index (χ2v) is 10.2. The predicted octanol–water partition coefficient (Wildman–Crippen LogP) is -0.247. The molecule has 12 heteroatoms. The van der Waals surface area contributed by atoms with Gasteiger partial charge >= 0.3 is 0 Å². The van der Waals surface area contributed by atoms with Crippen LogP contribution in [-0.4, -0.2) is 71.1 Å². The molecular formula is C23H26ClN3O8. The average Bonchev–Trinajstić information content (AvgIpc) is 2.74. The summed E-state index contributed by atoms with van der Waals surface area (Å²) in [5.41, 5.74) is 0.291. The summed E-state index contributed by atoms with van der Waals surface area (Å²) in [7, 11) is 4.71. The molecule has 35 heavy (non-hydrogen) atoms. The lowest BCUT2D eigenvalue weighted by atomic mass is 9.50. The number of nitrogens with one attached hydrogen (secondary N) is 1. The molecule has 6 N–H and O–H groups in total. The van der Waals surface area contributed by atoms with Gasteiger partial charge in [-0.1, -0.05) is 11.6 Å². The molecule has 0 saturated heterocycles. The van der Waals surface area contributed by atoms with Gasteiger partial charge in [-0.3, -0.25) is 24.0 Å². The van der Waals surface area contributed by atoms with Gasteiger partial charge < -0.3 is 31.3 Å². The number of nitrogens with zero attached hydrogens (tertiary/aromatic N) is 1. The second-order valence-electron chi connectivity index (χ2n) is 9.81. The number of carbonyl (C=O) groups excluding carboxylic acids is 5. The van der Waals surface area contributed by atoms with Crippen molar-refractivity contribution in [3.63, 3.8) is 0 Å². The number of fused-ring (bicyclic) bond motifs is 3. The Kier molecular flexibility index (Phi) is 5.55. The number of hydrogen-bond acceptors (Lipinski definition) is 10. The van der Waals surface area contributed by atoms with Crippen LogP contribution in [0.2, 0.25) is 5.02 Å². The molecule has 1 aromatic rings. The predicted molar refractivity (Wildman–Crippen MR) is 123 cm³/mol. The minimum absolute atomic E-state index is 0.00281. The number of phenols is 1. The number of primary amides is 1. The summed E-state index contributed by atoms with van der Waals surface area (Å²) in [6, 6.07) is 0. The topological polar surface area (TPSA) is 187 Å². The molecule has 3 aliphatic carbocycles. The van der Waals surface area contributed by atoms with Crippen molar-refractivity contribution in [3.8, 4) is 5.75 Å². The minimum atomic E-state index is -2.81. The van der Waals surface area contributed by atoms with Crippen molar-refractivity contribution >= 4 is 52.0 Å². The molecule has 2 fully saturated rings. The minimum Gasteiger partial charge on any atom is -0.505 e. The van der Waals surface area contributed by atoms with Gasteiger partial charge in [0.25, 0.3) is 0 Å². The molecule has 0 heterocycles. The molecule has 2 saturated carbocycles. The van der Waals surface area contributed by atoms with E-state index in [0.29, 0.717) is 0 Å². The van der Waals surface area contributed by atoms with Crippen LogP contribution in [0, 0.1) is 23.7 Å². The first kappa shape index (κ1) is 25.1. The molecule has 4 rings (SSSR count). The second kappa shape index (κ2) is 7.74. The normalized spacial score (nSPS) is 34.1. The van der Waals surface area contributed by atoms with Crippen molar-refractivity contribution in [2.45, 2.75) is 31.0 Å². The molecule has 2 unspecified atom stereocenters. The number of anilines is 2. The monoisotopic (exact) mass is 507 g/mol. The van der Waals surface area contributed by atoms with Crippen molar-refractivity contribution in [2.24, 2.45) is 29.4 Å². The third kappa shape index (κ3) is 3.01. The maximum atomic E-state index is 13.8. The highest BCUT2D eigenvalue weighted by Gasteiger charge is 2.69. The number of ketones is 4. The van der Waals surface area contributed by atoms with Crippen LogP contribution in [0.5, 0.6) is 5.75 Å². The highest BCUT2D eigenvalue weighted by Crippen LogP contribution is 2.59. The Morgan fingerprint density at radius 1 is 1.17 bits per heavy atom. The summed E-state index contributed by atoms with van der Waals surface area (Å²) in [5.74, 6) is -12.4. The van der Waals surface area contributed by atoms with E-state index in [1.54, 1.807) is 19.0 Å². The van der Waals surface area contributed by atoms with Crippen LogP contribution in [0.15, 0.2) is 0 Å². The molecule has 11 nitrogen and oxygen atoms in total. The van der Waals surface area contributed by atoms with E-state index in [1.807, 2.05) is 0 Å². The number of phenolic OH excluding ortho intramolecular Hbond substituents is 1. The van der Waals surface area contributed by atoms with Crippen LogP contribution in [0.4, 0.5) is 11.4 Å². The molecular weight excluding hydrogens is 482 g/mol. The van der Waals surface area contributed by atoms with E-state index in [0.717, 1.165) is 0 Å². The molecule has 3 aliphatic rings. The van der Waals surface area contributed by atoms with Crippen molar-refractivity contribution in [3.05, 3.63) is 16.1 Å². The first-order valence-corrected chi connectivity index (χ1v) is 11.3. The fourth-order valence-corrected chi connectivity index (χ4v) is 6.52. The maximum absolute atomic E-state index is 13.8. The van der Waals surface area contributed by atoms with Crippen LogP contribution in [0.25, 0.3) is 0 Å². The van der Waals surface area contributed by atoms with Gasteiger partial charge in [0, 0.05) is 45.0 Å². The summed E-state index contributed by atoms with van der Waals surface area (Å²) in [6.07, 6.45) is -0.764. The number of halogens is 1. The summed E-state index contributed by atoms with van der Waals surface area (Å²) in [5, 5.41) is 36.8. The number of amides is 1. The molecule has 0 bridgehead atoms. The van der Waals surface area contributed by atoms with Gasteiger partial charge in [-0.2, -0.15) is 0 Å². The summed E-state index contributed by atoms with van der Waals surface area (Å²) in [6.45, 7) is 1.36. The first-order chi connectivity index (χ1) is 16.1. The molecule has 0 spiro atoms. The Balaban J connectivity index is 1.99. The SMILES string of the molecule is CNc1c(O)c2c(c(N(C)C)c1Cl)[C@@](C)(O)[C@H]1C[C@H]3CC(=O)C(C(N)=O)C(=O)[C@@]3(O)C(=O)C1C2=O. The van der Waals surface area contributed by atoms with Crippen LogP contribution in [0.1, 0.15) is 35.7 Å². The molecule has 1 aromatic carbocycles. The third-order valence-corrected chi connectivity index (χ3v) is 8.09. The number of hydrogen-bond donors (Lipinski definition) is 5. The number of aliphatic hydroxyl groups is 2. The number of Topliss-reactive ketones (excluding diaryl/α,β-unsaturated/α-hetero) is 4. The van der Waals surface area contributed by atoms with Gasteiger partial charge in [0.15, 0.2) is 40.4 Å². The average molecular weight is 508 g/mol. The fraction of sp³-hybridized carbons (Fsp3) is 0.522. The van der Waals surface area contributed by atoms with Crippen LogP contribution in [0.3, 0.4) is 0 Å². The largest absolute Gasteiger partial charge is 0.505 e. The first-order valence-electron chi connectivity index (χ1n) is 11.0. The standard InChI is InChI=1S/C23H26ClN3O8/c1-22(34)8-5-7-6-9(28)11(21(25)33)20(32)23(7,35)19(31)10(8)17(29)12-13(22)16(27(3)4)14(24)15(26-2)18(12)30/h7-8,10-11,26,30,34-35H,5-6H2,1-4H3,(H2,25,33)/t7-,8-,10?,11?,22-,23-/m0/s1. The Hall–Kier alpha value is -3.02. The van der Waals surface area contributed by atoms with E-state index in [4.69, 9.17) is 17.3 Å².